The summed E-state index contributed by atoms with van der Waals surface area (Å²) in [4.78, 5) is 0. The molecule has 1 aromatic rings. The maximum absolute atomic E-state index is 6.04. The van der Waals surface area contributed by atoms with Crippen molar-refractivity contribution in [3.05, 3.63) is 28.8 Å². The van der Waals surface area contributed by atoms with Gasteiger partial charge in [-0.1, -0.05) is 24.6 Å². The van der Waals surface area contributed by atoms with E-state index in [2.05, 4.69) is 12.2 Å². The number of halogens is 1. The van der Waals surface area contributed by atoms with Crippen LogP contribution in [0, 0.1) is 0 Å². The Labute approximate surface area is 95.3 Å². The van der Waals surface area contributed by atoms with Gasteiger partial charge < -0.3 is 14.8 Å². The van der Waals surface area contributed by atoms with Gasteiger partial charge in [0.1, 0.15) is 5.75 Å². The second-order valence-electron chi connectivity index (χ2n) is 3.10. The van der Waals surface area contributed by atoms with Crippen molar-refractivity contribution in [3.8, 4) is 5.75 Å². The molecule has 0 radical (unpaired) electrons. The van der Waals surface area contributed by atoms with E-state index in [4.69, 9.17) is 21.1 Å². The van der Waals surface area contributed by atoms with E-state index >= 15 is 0 Å². The average molecular weight is 230 g/mol. The molecule has 0 saturated heterocycles. The van der Waals surface area contributed by atoms with Gasteiger partial charge in [0, 0.05) is 13.7 Å². The zero-order valence-corrected chi connectivity index (χ0v) is 9.80. The predicted molar refractivity (Wildman–Crippen MR) is 61.3 cm³/mol. The molecule has 84 valence electrons. The van der Waals surface area contributed by atoms with Gasteiger partial charge in [-0.05, 0) is 24.2 Å². The van der Waals surface area contributed by atoms with Crippen LogP contribution < -0.4 is 10.1 Å². The van der Waals surface area contributed by atoms with Crippen LogP contribution >= 0.6 is 11.6 Å². The molecule has 0 atom stereocenters. The Morgan fingerprint density at radius 3 is 2.80 bits per heavy atom. The van der Waals surface area contributed by atoms with Crippen LogP contribution in [0.3, 0.4) is 0 Å². The number of benzene rings is 1. The SMILES string of the molecule is CCNCc1ccc(OCOC)c(Cl)c1. The lowest BCUT2D eigenvalue weighted by molar-refractivity contribution is 0.0512. The summed E-state index contributed by atoms with van der Waals surface area (Å²) in [7, 11) is 1.58. The molecule has 0 fully saturated rings. The summed E-state index contributed by atoms with van der Waals surface area (Å²) in [5.74, 6) is 0.652. The first kappa shape index (κ1) is 12.3. The summed E-state index contributed by atoms with van der Waals surface area (Å²) in [5, 5.41) is 3.84. The van der Waals surface area contributed by atoms with Crippen molar-refractivity contribution in [2.24, 2.45) is 0 Å². The van der Waals surface area contributed by atoms with E-state index in [1.54, 1.807) is 7.11 Å². The summed E-state index contributed by atoms with van der Waals surface area (Å²) in [5.41, 5.74) is 1.15. The van der Waals surface area contributed by atoms with E-state index in [9.17, 15) is 0 Å². The number of ether oxygens (including phenoxy) is 2. The van der Waals surface area contributed by atoms with E-state index in [0.29, 0.717) is 10.8 Å². The molecule has 4 heteroatoms. The van der Waals surface area contributed by atoms with Crippen LogP contribution in [0.1, 0.15) is 12.5 Å². The Hall–Kier alpha value is -0.770. The first-order chi connectivity index (χ1) is 7.27. The molecule has 0 saturated carbocycles. The summed E-state index contributed by atoms with van der Waals surface area (Å²) in [6, 6.07) is 5.74. The maximum atomic E-state index is 6.04. The van der Waals surface area contributed by atoms with E-state index in [0.717, 1.165) is 18.7 Å². The number of hydrogen-bond acceptors (Lipinski definition) is 3. The minimum absolute atomic E-state index is 0.215. The number of rotatable bonds is 6. The van der Waals surface area contributed by atoms with Gasteiger partial charge in [-0.2, -0.15) is 0 Å². The van der Waals surface area contributed by atoms with Crippen LogP contribution in [-0.4, -0.2) is 20.4 Å². The highest BCUT2D eigenvalue weighted by atomic mass is 35.5. The van der Waals surface area contributed by atoms with Gasteiger partial charge in [0.2, 0.25) is 0 Å². The first-order valence-electron chi connectivity index (χ1n) is 4.88. The molecule has 1 rings (SSSR count). The average Bonchev–Trinajstić information content (AvgIpc) is 2.25. The largest absolute Gasteiger partial charge is 0.466 e. The summed E-state index contributed by atoms with van der Waals surface area (Å²) >= 11 is 6.04. The van der Waals surface area contributed by atoms with Gasteiger partial charge in [0.25, 0.3) is 0 Å². The van der Waals surface area contributed by atoms with Crippen LogP contribution in [0.2, 0.25) is 5.02 Å². The number of hydrogen-bond donors (Lipinski definition) is 1. The van der Waals surface area contributed by atoms with Crippen LogP contribution in [0.15, 0.2) is 18.2 Å². The predicted octanol–water partition coefficient (Wildman–Crippen LogP) is 2.43. The second kappa shape index (κ2) is 6.67. The molecule has 1 N–H and O–H groups in total. The van der Waals surface area contributed by atoms with Gasteiger partial charge >= 0.3 is 0 Å². The van der Waals surface area contributed by atoms with Crippen molar-refractivity contribution in [1.29, 1.82) is 0 Å². The molecule has 0 spiro atoms. The third kappa shape index (κ3) is 4.08. The van der Waals surface area contributed by atoms with Crippen LogP contribution in [0.4, 0.5) is 0 Å². The molecular formula is C11H16ClNO2. The summed E-state index contributed by atoms with van der Waals surface area (Å²) in [6.07, 6.45) is 0. The van der Waals surface area contributed by atoms with E-state index in [-0.39, 0.29) is 6.79 Å². The van der Waals surface area contributed by atoms with Gasteiger partial charge in [-0.25, -0.2) is 0 Å². The van der Waals surface area contributed by atoms with E-state index < -0.39 is 0 Å². The highest BCUT2D eigenvalue weighted by molar-refractivity contribution is 6.32. The Bertz CT molecular complexity index is 305. The van der Waals surface area contributed by atoms with Gasteiger partial charge in [-0.15, -0.1) is 0 Å². The smallest absolute Gasteiger partial charge is 0.188 e. The lowest BCUT2D eigenvalue weighted by atomic mass is 10.2. The molecule has 15 heavy (non-hydrogen) atoms. The molecule has 0 aromatic heterocycles. The van der Waals surface area contributed by atoms with Crippen LogP contribution in [-0.2, 0) is 11.3 Å². The van der Waals surface area contributed by atoms with Crippen molar-refractivity contribution < 1.29 is 9.47 Å². The Morgan fingerprint density at radius 2 is 2.20 bits per heavy atom. The molecular weight excluding hydrogens is 214 g/mol. The maximum Gasteiger partial charge on any atom is 0.188 e. The molecule has 3 nitrogen and oxygen atoms in total. The fourth-order valence-electron chi connectivity index (χ4n) is 1.16. The van der Waals surface area contributed by atoms with E-state index in [1.165, 1.54) is 0 Å². The zero-order valence-electron chi connectivity index (χ0n) is 9.05. The van der Waals surface area contributed by atoms with E-state index in [1.807, 2.05) is 18.2 Å². The highest BCUT2D eigenvalue weighted by Gasteiger charge is 2.02. The third-order valence-corrected chi connectivity index (χ3v) is 2.20. The lowest BCUT2D eigenvalue weighted by Crippen LogP contribution is -2.11. The van der Waals surface area contributed by atoms with Gasteiger partial charge in [0.05, 0.1) is 5.02 Å². The highest BCUT2D eigenvalue weighted by Crippen LogP contribution is 2.25. The van der Waals surface area contributed by atoms with Crippen LogP contribution in [0.5, 0.6) is 5.75 Å². The van der Waals surface area contributed by atoms with Crippen molar-refractivity contribution in [2.75, 3.05) is 20.4 Å². The normalized spacial score (nSPS) is 10.3. The summed E-state index contributed by atoms with van der Waals surface area (Å²) < 4.78 is 10.1. The molecule has 0 aliphatic heterocycles. The number of methoxy groups -OCH3 is 1. The Kier molecular flexibility index (Phi) is 5.47. The lowest BCUT2D eigenvalue weighted by Gasteiger charge is -2.08. The minimum Gasteiger partial charge on any atom is -0.466 e. The Morgan fingerprint density at radius 1 is 1.40 bits per heavy atom. The molecule has 1 aromatic carbocycles. The quantitative estimate of drug-likeness (QED) is 0.760. The molecule has 0 bridgehead atoms. The minimum atomic E-state index is 0.215. The number of nitrogens with one attached hydrogen (secondary N) is 1. The third-order valence-electron chi connectivity index (χ3n) is 1.91. The fourth-order valence-corrected chi connectivity index (χ4v) is 1.42. The molecule has 0 aliphatic carbocycles. The fraction of sp³-hybridized carbons (Fsp3) is 0.455. The van der Waals surface area contributed by atoms with Crippen LogP contribution in [0.25, 0.3) is 0 Å². The zero-order chi connectivity index (χ0) is 11.1. The van der Waals surface area contributed by atoms with Crippen molar-refractivity contribution >= 4 is 11.6 Å². The Balaban J connectivity index is 2.61. The second-order valence-corrected chi connectivity index (χ2v) is 3.50. The van der Waals surface area contributed by atoms with Crippen molar-refractivity contribution in [3.63, 3.8) is 0 Å². The monoisotopic (exact) mass is 229 g/mol. The molecule has 0 aliphatic rings. The molecule has 0 heterocycles. The summed E-state index contributed by atoms with van der Waals surface area (Å²) in [6.45, 7) is 4.05. The van der Waals surface area contributed by atoms with Crippen molar-refractivity contribution in [2.45, 2.75) is 13.5 Å². The molecule has 0 amide bonds. The van der Waals surface area contributed by atoms with Gasteiger partial charge in [0.15, 0.2) is 6.79 Å². The standard InChI is InChI=1S/C11H16ClNO2/c1-3-13-7-9-4-5-11(10(12)6-9)15-8-14-2/h4-6,13H,3,7-8H2,1-2H3. The molecule has 0 unspecified atom stereocenters. The van der Waals surface area contributed by atoms with Crippen molar-refractivity contribution in [1.82, 2.24) is 5.32 Å². The van der Waals surface area contributed by atoms with Gasteiger partial charge in [-0.3, -0.25) is 0 Å². The first-order valence-corrected chi connectivity index (χ1v) is 5.26. The topological polar surface area (TPSA) is 30.5 Å².